The molecule has 0 spiro atoms. The van der Waals surface area contributed by atoms with Crippen molar-refractivity contribution < 1.29 is 4.79 Å². The highest BCUT2D eigenvalue weighted by atomic mass is 79.9. The van der Waals surface area contributed by atoms with Gasteiger partial charge < -0.3 is 10.2 Å². The molecular weight excluding hydrogens is 316 g/mol. The first-order chi connectivity index (χ1) is 9.56. The summed E-state index contributed by atoms with van der Waals surface area (Å²) in [5, 5.41) is 3.47. The van der Waals surface area contributed by atoms with E-state index in [1.807, 2.05) is 29.2 Å². The number of nitrogens with one attached hydrogen (secondary N) is 1. The van der Waals surface area contributed by atoms with E-state index in [0.29, 0.717) is 12.5 Å². The van der Waals surface area contributed by atoms with Gasteiger partial charge in [-0.1, -0.05) is 28.1 Å². The fourth-order valence-electron chi connectivity index (χ4n) is 2.67. The second kappa shape index (κ2) is 7.23. The molecule has 1 N–H and O–H groups in total. The first-order valence-electron chi connectivity index (χ1n) is 7.33. The number of hydrogen-bond acceptors (Lipinski definition) is 2. The highest BCUT2D eigenvalue weighted by Crippen LogP contribution is 2.15. The molecular formula is C16H23BrN2O. The minimum Gasteiger partial charge on any atom is -0.338 e. The van der Waals surface area contributed by atoms with E-state index in [0.717, 1.165) is 23.1 Å². The summed E-state index contributed by atoms with van der Waals surface area (Å²) in [6, 6.07) is 8.70. The molecule has 110 valence electrons. The third-order valence-corrected chi connectivity index (χ3v) is 4.26. The van der Waals surface area contributed by atoms with Gasteiger partial charge in [0.25, 0.3) is 0 Å². The molecule has 4 heteroatoms. The molecule has 20 heavy (non-hydrogen) atoms. The predicted octanol–water partition coefficient (Wildman–Crippen LogP) is 2.98. The highest BCUT2D eigenvalue weighted by Gasteiger charge is 2.23. The van der Waals surface area contributed by atoms with Crippen LogP contribution in [0.1, 0.15) is 32.3 Å². The van der Waals surface area contributed by atoms with Gasteiger partial charge >= 0.3 is 0 Å². The van der Waals surface area contributed by atoms with Crippen LogP contribution >= 0.6 is 15.9 Å². The molecule has 1 amide bonds. The first-order valence-corrected chi connectivity index (χ1v) is 8.13. The highest BCUT2D eigenvalue weighted by molar-refractivity contribution is 9.10. The third kappa shape index (κ3) is 4.32. The lowest BCUT2D eigenvalue weighted by atomic mass is 10.1. The fraction of sp³-hybridized carbons (Fsp3) is 0.562. The number of carbonyl (C=O) groups excluding carboxylic acids is 1. The Hall–Kier alpha value is -0.870. The van der Waals surface area contributed by atoms with Crippen molar-refractivity contribution in [1.29, 1.82) is 0 Å². The van der Waals surface area contributed by atoms with Crippen LogP contribution in [-0.4, -0.2) is 36.0 Å². The molecule has 1 fully saturated rings. The molecule has 1 aliphatic heterocycles. The van der Waals surface area contributed by atoms with Gasteiger partial charge in [-0.05, 0) is 50.9 Å². The lowest BCUT2D eigenvalue weighted by Crippen LogP contribution is -2.45. The monoisotopic (exact) mass is 338 g/mol. The average molecular weight is 339 g/mol. The molecule has 0 bridgehead atoms. The summed E-state index contributed by atoms with van der Waals surface area (Å²) in [5.41, 5.74) is 1.06. The molecule has 1 aromatic rings. The normalized spacial score (nSPS) is 18.5. The molecule has 0 saturated carbocycles. The summed E-state index contributed by atoms with van der Waals surface area (Å²) < 4.78 is 1.02. The average Bonchev–Trinajstić information content (AvgIpc) is 2.88. The van der Waals surface area contributed by atoms with Gasteiger partial charge in [-0.2, -0.15) is 0 Å². The van der Waals surface area contributed by atoms with Crippen molar-refractivity contribution in [2.24, 2.45) is 0 Å². The zero-order valence-electron chi connectivity index (χ0n) is 12.2. The number of hydrogen-bond donors (Lipinski definition) is 1. The Kier molecular flexibility index (Phi) is 5.61. The molecule has 1 unspecified atom stereocenters. The quantitative estimate of drug-likeness (QED) is 0.895. The van der Waals surface area contributed by atoms with Crippen LogP contribution in [-0.2, 0) is 11.2 Å². The summed E-state index contributed by atoms with van der Waals surface area (Å²) in [6.45, 7) is 6.09. The zero-order chi connectivity index (χ0) is 14.5. The van der Waals surface area contributed by atoms with Crippen LogP contribution in [0, 0.1) is 0 Å². The summed E-state index contributed by atoms with van der Waals surface area (Å²) in [6.07, 6.45) is 2.87. The molecule has 1 aromatic carbocycles. The Labute approximate surface area is 129 Å². The molecule has 0 aliphatic carbocycles. The lowest BCUT2D eigenvalue weighted by Gasteiger charge is -2.29. The number of carbonyl (C=O) groups is 1. The maximum Gasteiger partial charge on any atom is 0.227 e. The van der Waals surface area contributed by atoms with Crippen LogP contribution in [0.2, 0.25) is 0 Å². The Morgan fingerprint density at radius 2 is 2.30 bits per heavy atom. The van der Waals surface area contributed by atoms with Crippen molar-refractivity contribution in [3.05, 3.63) is 34.3 Å². The third-order valence-electron chi connectivity index (χ3n) is 3.77. The number of nitrogens with zero attached hydrogens (tertiary/aromatic N) is 1. The van der Waals surface area contributed by atoms with E-state index in [4.69, 9.17) is 0 Å². The van der Waals surface area contributed by atoms with Crippen molar-refractivity contribution in [2.75, 3.05) is 13.1 Å². The standard InChI is InChI=1S/C16H23BrN2O/c1-12(2)19(11-15-7-4-8-18-15)16(20)10-13-5-3-6-14(17)9-13/h3,5-6,9,12,15,18H,4,7-8,10-11H2,1-2H3. The molecule has 1 saturated heterocycles. The summed E-state index contributed by atoms with van der Waals surface area (Å²) in [5.74, 6) is 0.215. The Balaban J connectivity index is 1.99. The van der Waals surface area contributed by atoms with Gasteiger partial charge in [0.2, 0.25) is 5.91 Å². The van der Waals surface area contributed by atoms with Crippen LogP contribution in [0.4, 0.5) is 0 Å². The molecule has 0 radical (unpaired) electrons. The minimum atomic E-state index is 0.215. The number of halogens is 1. The number of benzene rings is 1. The predicted molar refractivity (Wildman–Crippen MR) is 85.7 cm³/mol. The van der Waals surface area contributed by atoms with Crippen molar-refractivity contribution in [2.45, 2.75) is 45.2 Å². The number of amides is 1. The van der Waals surface area contributed by atoms with E-state index in [2.05, 4.69) is 35.1 Å². The fourth-order valence-corrected chi connectivity index (χ4v) is 3.12. The van der Waals surface area contributed by atoms with Gasteiger partial charge in [-0.25, -0.2) is 0 Å². The van der Waals surface area contributed by atoms with Crippen LogP contribution in [0.15, 0.2) is 28.7 Å². The van der Waals surface area contributed by atoms with E-state index in [-0.39, 0.29) is 11.9 Å². The van der Waals surface area contributed by atoms with Crippen molar-refractivity contribution >= 4 is 21.8 Å². The van der Waals surface area contributed by atoms with Gasteiger partial charge in [-0.15, -0.1) is 0 Å². The second-order valence-electron chi connectivity index (χ2n) is 5.74. The van der Waals surface area contributed by atoms with Gasteiger partial charge in [0.15, 0.2) is 0 Å². The first kappa shape index (κ1) is 15.5. The van der Waals surface area contributed by atoms with Crippen LogP contribution in [0.25, 0.3) is 0 Å². The molecule has 3 nitrogen and oxygen atoms in total. The van der Waals surface area contributed by atoms with Gasteiger partial charge in [0.1, 0.15) is 0 Å². The molecule has 0 aromatic heterocycles. The largest absolute Gasteiger partial charge is 0.338 e. The SMILES string of the molecule is CC(C)N(CC1CCCN1)C(=O)Cc1cccc(Br)c1. The topological polar surface area (TPSA) is 32.3 Å². The summed E-state index contributed by atoms with van der Waals surface area (Å²) in [7, 11) is 0. The van der Waals surface area contributed by atoms with Gasteiger partial charge in [0, 0.05) is 23.1 Å². The van der Waals surface area contributed by atoms with Crippen LogP contribution in [0.5, 0.6) is 0 Å². The maximum absolute atomic E-state index is 12.5. The molecule has 1 aliphatic rings. The lowest BCUT2D eigenvalue weighted by molar-refractivity contribution is -0.132. The second-order valence-corrected chi connectivity index (χ2v) is 6.66. The van der Waals surface area contributed by atoms with Gasteiger partial charge in [0.05, 0.1) is 6.42 Å². The summed E-state index contributed by atoms with van der Waals surface area (Å²) >= 11 is 3.45. The van der Waals surface area contributed by atoms with Crippen LogP contribution in [0.3, 0.4) is 0 Å². The number of rotatable bonds is 5. The zero-order valence-corrected chi connectivity index (χ0v) is 13.8. The Bertz CT molecular complexity index is 456. The summed E-state index contributed by atoms with van der Waals surface area (Å²) in [4.78, 5) is 14.5. The van der Waals surface area contributed by atoms with E-state index in [9.17, 15) is 4.79 Å². The van der Waals surface area contributed by atoms with E-state index < -0.39 is 0 Å². The molecule has 1 heterocycles. The van der Waals surface area contributed by atoms with E-state index in [1.165, 1.54) is 12.8 Å². The van der Waals surface area contributed by atoms with Crippen molar-refractivity contribution in [1.82, 2.24) is 10.2 Å². The molecule has 2 rings (SSSR count). The van der Waals surface area contributed by atoms with Crippen LogP contribution < -0.4 is 5.32 Å². The maximum atomic E-state index is 12.5. The van der Waals surface area contributed by atoms with Gasteiger partial charge in [-0.3, -0.25) is 4.79 Å². The van der Waals surface area contributed by atoms with E-state index >= 15 is 0 Å². The van der Waals surface area contributed by atoms with Crippen molar-refractivity contribution in [3.63, 3.8) is 0 Å². The smallest absolute Gasteiger partial charge is 0.227 e. The van der Waals surface area contributed by atoms with Crippen molar-refractivity contribution in [3.8, 4) is 0 Å². The Morgan fingerprint density at radius 1 is 1.50 bits per heavy atom. The van der Waals surface area contributed by atoms with E-state index in [1.54, 1.807) is 0 Å². The molecule has 1 atom stereocenters. The minimum absolute atomic E-state index is 0.215. The Morgan fingerprint density at radius 3 is 2.90 bits per heavy atom.